The predicted molar refractivity (Wildman–Crippen MR) is 124 cm³/mol. The first-order valence-electron chi connectivity index (χ1n) is 10.0. The number of para-hydroxylation sites is 2. The first kappa shape index (κ1) is 22.8. The zero-order valence-electron chi connectivity index (χ0n) is 17.4. The average molecular weight is 488 g/mol. The number of nitrogens with one attached hydrogen (secondary N) is 2. The second-order valence-corrected chi connectivity index (χ2v) is 8.22. The van der Waals surface area contributed by atoms with Crippen LogP contribution in [-0.2, 0) is 9.59 Å². The van der Waals surface area contributed by atoms with Gasteiger partial charge in [0.1, 0.15) is 0 Å². The highest BCUT2D eigenvalue weighted by atomic mass is 79.9. The number of hydrogen-bond donors (Lipinski definition) is 2. The summed E-state index contributed by atoms with van der Waals surface area (Å²) < 4.78 is 0.802. The molecule has 8 nitrogen and oxygen atoms in total. The van der Waals surface area contributed by atoms with E-state index in [9.17, 15) is 14.4 Å². The molecule has 9 heteroatoms. The number of hydrogen-bond acceptors (Lipinski definition) is 4. The van der Waals surface area contributed by atoms with Gasteiger partial charge in [-0.05, 0) is 47.2 Å². The molecule has 1 aliphatic rings. The third-order valence-corrected chi connectivity index (χ3v) is 5.60. The number of carbonyl (C=O) groups is 3. The summed E-state index contributed by atoms with van der Waals surface area (Å²) in [5.74, 6) is -0.246. The number of benzene rings is 2. The van der Waals surface area contributed by atoms with Crippen molar-refractivity contribution in [2.24, 2.45) is 0 Å². The van der Waals surface area contributed by atoms with Crippen molar-refractivity contribution in [1.29, 1.82) is 0 Å². The van der Waals surface area contributed by atoms with Crippen LogP contribution in [0.15, 0.2) is 59.1 Å². The number of halogens is 1. The van der Waals surface area contributed by atoms with Gasteiger partial charge < -0.3 is 20.4 Å². The smallest absolute Gasteiger partial charge is 0.321 e. The van der Waals surface area contributed by atoms with Crippen LogP contribution in [0.5, 0.6) is 0 Å². The van der Waals surface area contributed by atoms with Crippen LogP contribution in [0, 0.1) is 0 Å². The fraction of sp³-hybridized carbons (Fsp3) is 0.318. The highest BCUT2D eigenvalue weighted by Crippen LogP contribution is 2.21. The molecule has 4 amide bonds. The van der Waals surface area contributed by atoms with Gasteiger partial charge >= 0.3 is 6.03 Å². The minimum absolute atomic E-state index is 0.0562. The third kappa shape index (κ3) is 6.80. The molecule has 1 fully saturated rings. The molecular formula is C22H26BrN5O3. The molecule has 0 saturated carbocycles. The van der Waals surface area contributed by atoms with Gasteiger partial charge in [-0.2, -0.15) is 0 Å². The second kappa shape index (κ2) is 10.9. The normalized spacial score (nSPS) is 13.8. The summed E-state index contributed by atoms with van der Waals surface area (Å²) in [5.41, 5.74) is 1.44. The van der Waals surface area contributed by atoms with Gasteiger partial charge in [-0.25, -0.2) is 4.79 Å². The van der Waals surface area contributed by atoms with Crippen LogP contribution < -0.4 is 10.6 Å². The molecule has 31 heavy (non-hydrogen) atoms. The quantitative estimate of drug-likeness (QED) is 0.655. The molecule has 1 saturated heterocycles. The number of rotatable bonds is 6. The molecule has 0 aromatic heterocycles. The van der Waals surface area contributed by atoms with E-state index in [2.05, 4.69) is 26.6 Å². The van der Waals surface area contributed by atoms with Crippen molar-refractivity contribution in [2.45, 2.75) is 0 Å². The van der Waals surface area contributed by atoms with Crippen molar-refractivity contribution in [3.8, 4) is 0 Å². The zero-order valence-corrected chi connectivity index (χ0v) is 19.0. The van der Waals surface area contributed by atoms with E-state index in [1.165, 1.54) is 0 Å². The molecule has 0 spiro atoms. The summed E-state index contributed by atoms with van der Waals surface area (Å²) in [7, 11) is 1.74. The minimum atomic E-state index is -0.190. The van der Waals surface area contributed by atoms with Gasteiger partial charge in [-0.15, -0.1) is 0 Å². The Morgan fingerprint density at radius 2 is 1.48 bits per heavy atom. The molecule has 0 unspecified atom stereocenters. The van der Waals surface area contributed by atoms with Crippen LogP contribution in [0.25, 0.3) is 0 Å². The van der Waals surface area contributed by atoms with Gasteiger partial charge in [0.2, 0.25) is 11.8 Å². The largest absolute Gasteiger partial charge is 0.338 e. The van der Waals surface area contributed by atoms with E-state index in [-0.39, 0.29) is 30.9 Å². The molecule has 2 N–H and O–H groups in total. The van der Waals surface area contributed by atoms with Crippen LogP contribution in [0.2, 0.25) is 0 Å². The topological polar surface area (TPSA) is 85.0 Å². The Hall–Kier alpha value is -2.91. The van der Waals surface area contributed by atoms with Gasteiger partial charge in [-0.1, -0.05) is 30.3 Å². The maximum absolute atomic E-state index is 12.6. The number of anilines is 2. The van der Waals surface area contributed by atoms with E-state index < -0.39 is 0 Å². The van der Waals surface area contributed by atoms with E-state index in [0.717, 1.165) is 10.2 Å². The van der Waals surface area contributed by atoms with Crippen molar-refractivity contribution < 1.29 is 14.4 Å². The summed E-state index contributed by atoms with van der Waals surface area (Å²) in [5, 5.41) is 5.69. The lowest BCUT2D eigenvalue weighted by molar-refractivity contribution is -0.133. The van der Waals surface area contributed by atoms with Crippen molar-refractivity contribution in [1.82, 2.24) is 14.7 Å². The molecule has 3 rings (SSSR count). The van der Waals surface area contributed by atoms with E-state index >= 15 is 0 Å². The summed E-state index contributed by atoms with van der Waals surface area (Å²) >= 11 is 3.40. The third-order valence-electron chi connectivity index (χ3n) is 4.91. The maximum atomic E-state index is 12.6. The number of carbonyl (C=O) groups excluding carboxylic acids is 3. The highest BCUT2D eigenvalue weighted by molar-refractivity contribution is 9.10. The van der Waals surface area contributed by atoms with Gasteiger partial charge in [0.25, 0.3) is 0 Å². The fourth-order valence-corrected chi connectivity index (χ4v) is 3.65. The minimum Gasteiger partial charge on any atom is -0.338 e. The Kier molecular flexibility index (Phi) is 8.02. The highest BCUT2D eigenvalue weighted by Gasteiger charge is 2.25. The first-order valence-corrected chi connectivity index (χ1v) is 10.8. The second-order valence-electron chi connectivity index (χ2n) is 7.36. The number of likely N-dealkylation sites (N-methyl/N-ethyl adjacent to an activating group) is 1. The summed E-state index contributed by atoms with van der Waals surface area (Å²) in [4.78, 5) is 42.3. The lowest BCUT2D eigenvalue weighted by Gasteiger charge is -2.35. The Labute approximate surface area is 190 Å². The molecule has 1 aliphatic heterocycles. The van der Waals surface area contributed by atoms with E-state index in [4.69, 9.17) is 0 Å². The van der Waals surface area contributed by atoms with Crippen LogP contribution in [0.3, 0.4) is 0 Å². The Balaban J connectivity index is 1.40. The maximum Gasteiger partial charge on any atom is 0.321 e. The van der Waals surface area contributed by atoms with Gasteiger partial charge in [0, 0.05) is 36.3 Å². The van der Waals surface area contributed by atoms with Crippen LogP contribution in [0.4, 0.5) is 16.2 Å². The van der Waals surface area contributed by atoms with Crippen molar-refractivity contribution in [3.05, 3.63) is 59.1 Å². The molecule has 0 bridgehead atoms. The fourth-order valence-electron chi connectivity index (χ4n) is 3.27. The van der Waals surface area contributed by atoms with Gasteiger partial charge in [0.15, 0.2) is 0 Å². The number of urea groups is 1. The van der Waals surface area contributed by atoms with E-state index in [1.807, 2.05) is 48.5 Å². The van der Waals surface area contributed by atoms with Crippen LogP contribution in [0.1, 0.15) is 0 Å². The molecule has 2 aromatic carbocycles. The predicted octanol–water partition coefficient (Wildman–Crippen LogP) is 2.70. The Morgan fingerprint density at radius 1 is 0.871 bits per heavy atom. The van der Waals surface area contributed by atoms with Crippen molar-refractivity contribution in [3.63, 3.8) is 0 Å². The summed E-state index contributed by atoms with van der Waals surface area (Å²) in [6.45, 7) is 2.12. The molecule has 2 aromatic rings. The standard InChI is InChI=1S/C22H26BrN5O3/c1-26(15-20(29)25-19-10-6-5-9-18(19)23)16-21(30)27-11-13-28(14-12-27)22(31)24-17-7-3-2-4-8-17/h2-10H,11-16H2,1H3,(H,24,31)(H,25,29). The van der Waals surface area contributed by atoms with Crippen molar-refractivity contribution in [2.75, 3.05) is 56.9 Å². The van der Waals surface area contributed by atoms with Crippen LogP contribution >= 0.6 is 15.9 Å². The molecule has 164 valence electrons. The summed E-state index contributed by atoms with van der Waals surface area (Å²) in [6, 6.07) is 16.5. The number of nitrogens with zero attached hydrogens (tertiary/aromatic N) is 3. The SMILES string of the molecule is CN(CC(=O)Nc1ccccc1Br)CC(=O)N1CCN(C(=O)Nc2ccccc2)CC1. The van der Waals surface area contributed by atoms with Gasteiger partial charge in [-0.3, -0.25) is 14.5 Å². The molecule has 0 atom stereocenters. The first-order chi connectivity index (χ1) is 14.9. The molecule has 0 aliphatic carbocycles. The number of amides is 4. The monoisotopic (exact) mass is 487 g/mol. The zero-order chi connectivity index (χ0) is 22.2. The number of piperazine rings is 1. The summed E-state index contributed by atoms with van der Waals surface area (Å²) in [6.07, 6.45) is 0. The van der Waals surface area contributed by atoms with Crippen molar-refractivity contribution >= 4 is 45.2 Å². The average Bonchev–Trinajstić information content (AvgIpc) is 2.76. The Bertz CT molecular complexity index is 916. The van der Waals surface area contributed by atoms with Gasteiger partial charge in [0.05, 0.1) is 18.8 Å². The van der Waals surface area contributed by atoms with E-state index in [0.29, 0.717) is 31.9 Å². The lowest BCUT2D eigenvalue weighted by Crippen LogP contribution is -2.53. The van der Waals surface area contributed by atoms with E-state index in [1.54, 1.807) is 27.8 Å². The molecular weight excluding hydrogens is 462 g/mol. The van der Waals surface area contributed by atoms with Crippen LogP contribution in [-0.4, -0.2) is 78.9 Å². The Morgan fingerprint density at radius 3 is 2.16 bits per heavy atom. The molecule has 1 heterocycles. The lowest BCUT2D eigenvalue weighted by atomic mass is 10.3. The molecule has 0 radical (unpaired) electrons.